The van der Waals surface area contributed by atoms with Gasteiger partial charge in [0.2, 0.25) is 0 Å². The van der Waals surface area contributed by atoms with Gasteiger partial charge in [-0.15, -0.1) is 0 Å². The van der Waals surface area contributed by atoms with Crippen LogP contribution in [0.5, 0.6) is 0 Å². The van der Waals surface area contributed by atoms with Crippen molar-refractivity contribution in [2.45, 2.75) is 278 Å². The Morgan fingerprint density at radius 2 is 0.600 bits per heavy atom. The lowest BCUT2D eigenvalue weighted by Crippen LogP contribution is -2.30. The Hall–Kier alpha value is -1.59. The fraction of sp³-hybridized carbons (Fsp3) is 0.939. The quantitative estimate of drug-likeness (QED) is 0.0348. The van der Waals surface area contributed by atoms with Crippen molar-refractivity contribution in [2.24, 2.45) is 5.92 Å². The minimum absolute atomic E-state index is 0.0632. The molecule has 1 atom stereocenters. The van der Waals surface area contributed by atoms with Crippen molar-refractivity contribution in [1.29, 1.82) is 0 Å². The molecular formula is C49H94O6. The lowest BCUT2D eigenvalue weighted by atomic mass is 10.0. The van der Waals surface area contributed by atoms with Crippen LogP contribution in [0.4, 0.5) is 0 Å². The van der Waals surface area contributed by atoms with E-state index in [2.05, 4.69) is 27.7 Å². The number of carbonyl (C=O) groups excluding carboxylic acids is 3. The summed E-state index contributed by atoms with van der Waals surface area (Å²) in [5.74, 6) is -0.00703. The first-order chi connectivity index (χ1) is 26.9. The van der Waals surface area contributed by atoms with Crippen LogP contribution in [-0.4, -0.2) is 37.2 Å². The van der Waals surface area contributed by atoms with Crippen LogP contribution in [0, 0.1) is 5.92 Å². The van der Waals surface area contributed by atoms with E-state index in [9.17, 15) is 14.4 Å². The zero-order chi connectivity index (χ0) is 40.3. The maximum absolute atomic E-state index is 12.7. The van der Waals surface area contributed by atoms with Gasteiger partial charge in [0.15, 0.2) is 6.10 Å². The fourth-order valence-electron chi connectivity index (χ4n) is 7.33. The van der Waals surface area contributed by atoms with Crippen LogP contribution >= 0.6 is 0 Å². The molecule has 0 aromatic heterocycles. The normalized spacial score (nSPS) is 11.9. The minimum Gasteiger partial charge on any atom is -0.462 e. The second-order valence-electron chi connectivity index (χ2n) is 17.2. The van der Waals surface area contributed by atoms with Gasteiger partial charge in [-0.2, -0.15) is 0 Å². The second-order valence-corrected chi connectivity index (χ2v) is 17.2. The van der Waals surface area contributed by atoms with E-state index in [0.29, 0.717) is 19.3 Å². The smallest absolute Gasteiger partial charge is 0.306 e. The summed E-state index contributed by atoms with van der Waals surface area (Å²) < 4.78 is 16.7. The average Bonchev–Trinajstić information content (AvgIpc) is 3.17. The molecule has 0 aromatic carbocycles. The molecule has 0 radical (unpaired) electrons. The van der Waals surface area contributed by atoms with Gasteiger partial charge in [-0.25, -0.2) is 0 Å². The largest absolute Gasteiger partial charge is 0.462 e. The third-order valence-electron chi connectivity index (χ3n) is 11.0. The standard InChI is InChI=1S/C49H94O6/c1-5-7-9-11-13-15-20-26-30-34-38-42-49(52)55-46(43-53-47(50)40-36-32-28-23-14-12-10-8-6-2)44-54-48(51)41-37-33-29-25-22-19-17-16-18-21-24-27-31-35-39-45(3)4/h45-46H,5-44H2,1-4H3/t46-/m1/s1. The molecule has 0 rings (SSSR count). The molecule has 0 N–H and O–H groups in total. The van der Waals surface area contributed by atoms with Crippen molar-refractivity contribution in [3.05, 3.63) is 0 Å². The molecule has 0 unspecified atom stereocenters. The van der Waals surface area contributed by atoms with Gasteiger partial charge in [0.1, 0.15) is 13.2 Å². The van der Waals surface area contributed by atoms with Gasteiger partial charge in [-0.1, -0.05) is 233 Å². The summed E-state index contributed by atoms with van der Waals surface area (Å²) in [5.41, 5.74) is 0. The van der Waals surface area contributed by atoms with Crippen molar-refractivity contribution >= 4 is 17.9 Å². The van der Waals surface area contributed by atoms with E-state index in [-0.39, 0.29) is 31.1 Å². The van der Waals surface area contributed by atoms with Crippen molar-refractivity contribution in [1.82, 2.24) is 0 Å². The van der Waals surface area contributed by atoms with Gasteiger partial charge in [-0.05, 0) is 25.2 Å². The Balaban J connectivity index is 4.24. The monoisotopic (exact) mass is 779 g/mol. The highest BCUT2D eigenvalue weighted by molar-refractivity contribution is 5.71. The summed E-state index contributed by atoms with van der Waals surface area (Å²) in [6.45, 7) is 9.00. The van der Waals surface area contributed by atoms with E-state index in [0.717, 1.165) is 63.7 Å². The highest BCUT2D eigenvalue weighted by Gasteiger charge is 2.19. The van der Waals surface area contributed by atoms with Gasteiger partial charge in [0.25, 0.3) is 0 Å². The highest BCUT2D eigenvalue weighted by Crippen LogP contribution is 2.17. The molecule has 0 heterocycles. The number of carbonyl (C=O) groups is 3. The van der Waals surface area contributed by atoms with Crippen LogP contribution in [-0.2, 0) is 28.6 Å². The van der Waals surface area contributed by atoms with Crippen molar-refractivity contribution in [2.75, 3.05) is 13.2 Å². The topological polar surface area (TPSA) is 78.9 Å². The molecule has 0 aliphatic heterocycles. The van der Waals surface area contributed by atoms with E-state index >= 15 is 0 Å². The Morgan fingerprint density at radius 3 is 0.891 bits per heavy atom. The first-order valence-electron chi connectivity index (χ1n) is 24.4. The highest BCUT2D eigenvalue weighted by atomic mass is 16.6. The van der Waals surface area contributed by atoms with Crippen molar-refractivity contribution < 1.29 is 28.6 Å². The third kappa shape index (κ3) is 43.4. The molecule has 0 aromatic rings. The molecule has 6 heteroatoms. The Morgan fingerprint density at radius 1 is 0.345 bits per heavy atom. The van der Waals surface area contributed by atoms with Crippen LogP contribution in [0.3, 0.4) is 0 Å². The van der Waals surface area contributed by atoms with E-state index in [1.165, 1.54) is 167 Å². The van der Waals surface area contributed by atoms with E-state index < -0.39 is 6.10 Å². The summed E-state index contributed by atoms with van der Waals surface area (Å²) in [7, 11) is 0. The number of hydrogen-bond acceptors (Lipinski definition) is 6. The summed E-state index contributed by atoms with van der Waals surface area (Å²) in [6.07, 6.45) is 43.7. The summed E-state index contributed by atoms with van der Waals surface area (Å²) in [5, 5.41) is 0. The van der Waals surface area contributed by atoms with Crippen LogP contribution < -0.4 is 0 Å². The molecule has 0 spiro atoms. The van der Waals surface area contributed by atoms with Gasteiger partial charge in [-0.3, -0.25) is 14.4 Å². The summed E-state index contributed by atoms with van der Waals surface area (Å²) >= 11 is 0. The molecule has 55 heavy (non-hydrogen) atoms. The second kappa shape index (κ2) is 43.5. The lowest BCUT2D eigenvalue weighted by molar-refractivity contribution is -0.167. The number of esters is 3. The maximum atomic E-state index is 12.7. The Bertz CT molecular complexity index is 826. The molecule has 0 aliphatic rings. The average molecular weight is 779 g/mol. The van der Waals surface area contributed by atoms with Crippen molar-refractivity contribution in [3.63, 3.8) is 0 Å². The zero-order valence-electron chi connectivity index (χ0n) is 37.4. The van der Waals surface area contributed by atoms with E-state index in [4.69, 9.17) is 14.2 Å². The Kier molecular flexibility index (Phi) is 42.3. The molecule has 0 saturated carbocycles. The van der Waals surface area contributed by atoms with Crippen molar-refractivity contribution in [3.8, 4) is 0 Å². The number of ether oxygens (including phenoxy) is 3. The number of unbranched alkanes of at least 4 members (excludes halogenated alkanes) is 31. The molecule has 326 valence electrons. The summed E-state index contributed by atoms with van der Waals surface area (Å²) in [4.78, 5) is 37.7. The molecule has 0 bridgehead atoms. The predicted molar refractivity (Wildman–Crippen MR) is 233 cm³/mol. The van der Waals surface area contributed by atoms with Crippen LogP contribution in [0.2, 0.25) is 0 Å². The first-order valence-corrected chi connectivity index (χ1v) is 24.4. The maximum Gasteiger partial charge on any atom is 0.306 e. The van der Waals surface area contributed by atoms with Crippen LogP contribution in [0.15, 0.2) is 0 Å². The minimum atomic E-state index is -0.758. The lowest BCUT2D eigenvalue weighted by Gasteiger charge is -2.18. The van der Waals surface area contributed by atoms with Gasteiger partial charge < -0.3 is 14.2 Å². The summed E-state index contributed by atoms with van der Waals surface area (Å²) in [6, 6.07) is 0. The number of rotatable bonds is 44. The first kappa shape index (κ1) is 53.4. The van der Waals surface area contributed by atoms with E-state index in [1.54, 1.807) is 0 Å². The van der Waals surface area contributed by atoms with Crippen LogP contribution in [0.1, 0.15) is 272 Å². The van der Waals surface area contributed by atoms with E-state index in [1.807, 2.05) is 0 Å². The molecule has 0 fully saturated rings. The third-order valence-corrected chi connectivity index (χ3v) is 11.0. The molecule has 0 aliphatic carbocycles. The SMILES string of the molecule is CCCCCCCCCCCCCC(=O)O[C@H](COC(=O)CCCCCCCCCCC)COC(=O)CCCCCCCCCCCCCCCCC(C)C. The molecule has 0 saturated heterocycles. The zero-order valence-corrected chi connectivity index (χ0v) is 37.4. The Labute approximate surface area is 342 Å². The fourth-order valence-corrected chi connectivity index (χ4v) is 7.33. The molecule has 6 nitrogen and oxygen atoms in total. The van der Waals surface area contributed by atoms with Gasteiger partial charge in [0.05, 0.1) is 0 Å². The van der Waals surface area contributed by atoms with Gasteiger partial charge >= 0.3 is 17.9 Å². The predicted octanol–water partition coefficient (Wildman–Crippen LogP) is 15.5. The number of hydrogen-bond donors (Lipinski definition) is 0. The molecule has 0 amide bonds. The molecular weight excluding hydrogens is 685 g/mol. The van der Waals surface area contributed by atoms with Gasteiger partial charge in [0, 0.05) is 19.3 Å². The van der Waals surface area contributed by atoms with Crippen LogP contribution in [0.25, 0.3) is 0 Å².